The van der Waals surface area contributed by atoms with E-state index < -0.39 is 11.8 Å². The molecule has 0 bridgehead atoms. The van der Waals surface area contributed by atoms with Gasteiger partial charge in [0.25, 0.3) is 0 Å². The lowest BCUT2D eigenvalue weighted by Crippen LogP contribution is -2.13. The first-order chi connectivity index (χ1) is 15.0. The van der Waals surface area contributed by atoms with Gasteiger partial charge < -0.3 is 19.4 Å². The number of nitrogens with zero attached hydrogens (tertiary/aromatic N) is 2. The second-order valence-electron chi connectivity index (χ2n) is 7.15. The Morgan fingerprint density at radius 3 is 2.58 bits per heavy atom. The molecule has 0 radical (unpaired) electrons. The average Bonchev–Trinajstić information content (AvgIpc) is 3.09. The fraction of sp³-hybridized carbons (Fsp3) is 0.167. The van der Waals surface area contributed by atoms with Gasteiger partial charge in [-0.05, 0) is 48.4 Å². The summed E-state index contributed by atoms with van der Waals surface area (Å²) in [7, 11) is 2.94. The maximum atomic E-state index is 14.6. The second kappa shape index (κ2) is 8.47. The van der Waals surface area contributed by atoms with Gasteiger partial charge in [-0.15, -0.1) is 0 Å². The van der Waals surface area contributed by atoms with Crippen LogP contribution in [0.15, 0.2) is 60.9 Å². The van der Waals surface area contributed by atoms with Gasteiger partial charge in [0.05, 0.1) is 31.1 Å². The number of hydrogen-bond acceptors (Lipinski definition) is 5. The van der Waals surface area contributed by atoms with E-state index in [1.165, 1.54) is 13.2 Å². The predicted octanol–water partition coefficient (Wildman–Crippen LogP) is 5.07. The monoisotopic (exact) mass is 419 g/mol. The molecule has 2 aromatic heterocycles. The number of pyridine rings is 1. The molecule has 0 aliphatic rings. The van der Waals surface area contributed by atoms with Crippen molar-refractivity contribution in [3.8, 4) is 5.75 Å². The normalized spacial score (nSPS) is 10.8. The minimum absolute atomic E-state index is 0.267. The Bertz CT molecular complexity index is 1250. The lowest BCUT2D eigenvalue weighted by Gasteiger charge is -2.13. The number of halogens is 1. The van der Waals surface area contributed by atoms with E-state index in [4.69, 9.17) is 9.47 Å². The van der Waals surface area contributed by atoms with Gasteiger partial charge in [0.15, 0.2) is 5.69 Å². The van der Waals surface area contributed by atoms with Gasteiger partial charge in [-0.3, -0.25) is 4.98 Å². The van der Waals surface area contributed by atoms with E-state index in [9.17, 15) is 9.18 Å². The van der Waals surface area contributed by atoms with Crippen LogP contribution in [0.4, 0.5) is 15.8 Å². The number of anilines is 2. The van der Waals surface area contributed by atoms with E-state index in [1.54, 1.807) is 31.6 Å². The third-order valence-electron chi connectivity index (χ3n) is 5.13. The molecule has 0 spiro atoms. The molecule has 7 heteroatoms. The van der Waals surface area contributed by atoms with Crippen molar-refractivity contribution in [3.63, 3.8) is 0 Å². The Labute approximate surface area is 179 Å². The summed E-state index contributed by atoms with van der Waals surface area (Å²) in [6, 6.07) is 14.3. The van der Waals surface area contributed by atoms with Crippen molar-refractivity contribution in [2.24, 2.45) is 0 Å². The van der Waals surface area contributed by atoms with Gasteiger partial charge in [-0.25, -0.2) is 9.18 Å². The molecule has 158 valence electrons. The van der Waals surface area contributed by atoms with Crippen LogP contribution in [0.5, 0.6) is 5.75 Å². The van der Waals surface area contributed by atoms with E-state index in [-0.39, 0.29) is 5.69 Å². The molecule has 6 nitrogen and oxygen atoms in total. The number of fused-ring (bicyclic) bond motifs is 1. The van der Waals surface area contributed by atoms with Crippen LogP contribution in [-0.4, -0.2) is 29.7 Å². The fourth-order valence-electron chi connectivity index (χ4n) is 3.57. The number of nitrogens with one attached hydrogen (secondary N) is 1. The summed E-state index contributed by atoms with van der Waals surface area (Å²) in [5.74, 6) is -0.189. The lowest BCUT2D eigenvalue weighted by atomic mass is 10.2. The molecule has 1 N–H and O–H groups in total. The smallest absolute Gasteiger partial charge is 0.356 e. The lowest BCUT2D eigenvalue weighted by molar-refractivity contribution is 0.0591. The standard InChI is InChI=1S/C24H22FN3O3/c1-15-4-9-20(19(25)12-15)27-22-18-13-26-11-10-21(18)28(23(22)24(29)31-3)14-16-5-7-17(30-2)8-6-16/h4-13,27H,14H2,1-3H3. The topological polar surface area (TPSA) is 65.4 Å². The molecule has 0 atom stereocenters. The Kier molecular flexibility index (Phi) is 5.58. The molecule has 2 aromatic carbocycles. The molecule has 4 aromatic rings. The maximum Gasteiger partial charge on any atom is 0.356 e. The Balaban J connectivity index is 1.87. The molecule has 0 aliphatic heterocycles. The van der Waals surface area contributed by atoms with E-state index in [0.29, 0.717) is 23.3 Å². The van der Waals surface area contributed by atoms with E-state index >= 15 is 0 Å². The highest BCUT2D eigenvalue weighted by Gasteiger charge is 2.24. The highest BCUT2D eigenvalue weighted by molar-refractivity contribution is 6.07. The van der Waals surface area contributed by atoms with Crippen LogP contribution in [0.3, 0.4) is 0 Å². The molecule has 4 rings (SSSR count). The van der Waals surface area contributed by atoms with Gasteiger partial charge in [-0.2, -0.15) is 0 Å². The predicted molar refractivity (Wildman–Crippen MR) is 118 cm³/mol. The number of esters is 1. The average molecular weight is 419 g/mol. The highest BCUT2D eigenvalue weighted by Crippen LogP contribution is 2.35. The summed E-state index contributed by atoms with van der Waals surface area (Å²) < 4.78 is 26.7. The van der Waals surface area contributed by atoms with Gasteiger partial charge in [0.2, 0.25) is 0 Å². The SMILES string of the molecule is COC(=O)c1c(Nc2ccc(C)cc2F)c2cnccc2n1Cc1ccc(OC)cc1. The van der Waals surface area contributed by atoms with Gasteiger partial charge in [0.1, 0.15) is 11.6 Å². The number of aromatic nitrogens is 2. The molecule has 0 unspecified atom stereocenters. The van der Waals surface area contributed by atoms with E-state index in [1.807, 2.05) is 41.8 Å². The minimum atomic E-state index is -0.528. The van der Waals surface area contributed by atoms with Crippen molar-refractivity contribution in [2.45, 2.75) is 13.5 Å². The molecule has 0 amide bonds. The number of ether oxygens (including phenoxy) is 2. The van der Waals surface area contributed by atoms with Crippen LogP contribution in [0.25, 0.3) is 10.9 Å². The molecule has 0 saturated heterocycles. The van der Waals surface area contributed by atoms with Crippen molar-refractivity contribution in [1.29, 1.82) is 0 Å². The minimum Gasteiger partial charge on any atom is -0.497 e. The largest absolute Gasteiger partial charge is 0.497 e. The van der Waals surface area contributed by atoms with Crippen molar-refractivity contribution in [3.05, 3.63) is 83.6 Å². The number of carbonyl (C=O) groups excluding carboxylic acids is 1. The van der Waals surface area contributed by atoms with Crippen molar-refractivity contribution >= 4 is 28.2 Å². The van der Waals surface area contributed by atoms with Crippen LogP contribution in [0.1, 0.15) is 21.6 Å². The summed E-state index contributed by atoms with van der Waals surface area (Å²) in [6.07, 6.45) is 3.31. The third-order valence-corrected chi connectivity index (χ3v) is 5.13. The summed E-state index contributed by atoms with van der Waals surface area (Å²) >= 11 is 0. The zero-order valence-electron chi connectivity index (χ0n) is 17.5. The first kappa shape index (κ1) is 20.4. The zero-order valence-corrected chi connectivity index (χ0v) is 17.5. The summed E-state index contributed by atoms with van der Waals surface area (Å²) in [6.45, 7) is 2.23. The molecule has 31 heavy (non-hydrogen) atoms. The van der Waals surface area contributed by atoms with Crippen LogP contribution in [0.2, 0.25) is 0 Å². The summed E-state index contributed by atoms with van der Waals surface area (Å²) in [5.41, 5.74) is 3.56. The zero-order chi connectivity index (χ0) is 22.0. The quantitative estimate of drug-likeness (QED) is 0.442. The number of methoxy groups -OCH3 is 2. The molecule has 0 fully saturated rings. The molecule has 0 saturated carbocycles. The first-order valence-electron chi connectivity index (χ1n) is 9.72. The first-order valence-corrected chi connectivity index (χ1v) is 9.72. The molecular formula is C24H22FN3O3. The third kappa shape index (κ3) is 3.94. The van der Waals surface area contributed by atoms with Gasteiger partial charge >= 0.3 is 5.97 Å². The van der Waals surface area contributed by atoms with Crippen LogP contribution in [-0.2, 0) is 11.3 Å². The number of hydrogen-bond donors (Lipinski definition) is 1. The van der Waals surface area contributed by atoms with Crippen molar-refractivity contribution < 1.29 is 18.7 Å². The van der Waals surface area contributed by atoms with Crippen LogP contribution in [0, 0.1) is 12.7 Å². The van der Waals surface area contributed by atoms with Gasteiger partial charge in [0, 0.05) is 24.3 Å². The van der Waals surface area contributed by atoms with Crippen molar-refractivity contribution in [1.82, 2.24) is 9.55 Å². The van der Waals surface area contributed by atoms with Crippen LogP contribution < -0.4 is 10.1 Å². The number of benzene rings is 2. The van der Waals surface area contributed by atoms with E-state index in [0.717, 1.165) is 22.4 Å². The Hall–Kier alpha value is -3.87. The Morgan fingerprint density at radius 1 is 1.13 bits per heavy atom. The summed E-state index contributed by atoms with van der Waals surface area (Å²) in [5, 5.41) is 3.79. The molecular weight excluding hydrogens is 397 g/mol. The number of aryl methyl sites for hydroxylation is 1. The number of rotatable bonds is 6. The van der Waals surface area contributed by atoms with Crippen molar-refractivity contribution in [2.75, 3.05) is 19.5 Å². The van der Waals surface area contributed by atoms with E-state index in [2.05, 4.69) is 10.3 Å². The molecule has 0 aliphatic carbocycles. The number of carbonyl (C=O) groups is 1. The van der Waals surface area contributed by atoms with Crippen LogP contribution >= 0.6 is 0 Å². The van der Waals surface area contributed by atoms with Gasteiger partial charge in [-0.1, -0.05) is 18.2 Å². The second-order valence-corrected chi connectivity index (χ2v) is 7.15. The highest BCUT2D eigenvalue weighted by atomic mass is 19.1. The summed E-state index contributed by atoms with van der Waals surface area (Å²) in [4.78, 5) is 17.0. The maximum absolute atomic E-state index is 14.6. The fourth-order valence-corrected chi connectivity index (χ4v) is 3.57. The Morgan fingerprint density at radius 2 is 1.90 bits per heavy atom. The molecule has 2 heterocycles.